The highest BCUT2D eigenvalue weighted by Gasteiger charge is 2.34. The minimum atomic E-state index is -4.86. The Kier molecular flexibility index (Phi) is 5.56. The van der Waals surface area contributed by atoms with E-state index in [-0.39, 0.29) is 11.1 Å². The third kappa shape index (κ3) is 4.62. The Labute approximate surface area is 151 Å². The van der Waals surface area contributed by atoms with Crippen molar-refractivity contribution in [3.8, 4) is 17.2 Å². The number of sulfone groups is 1. The summed E-state index contributed by atoms with van der Waals surface area (Å²) in [7, 11) is -4.13. The zero-order chi connectivity index (χ0) is 20.4. The molecule has 0 aromatic heterocycles. The minimum absolute atomic E-state index is 0.238. The molecular weight excluding hydrogens is 388 g/mol. The van der Waals surface area contributed by atoms with Gasteiger partial charge in [-0.15, -0.1) is 0 Å². The molecule has 0 aliphatic carbocycles. The van der Waals surface area contributed by atoms with Crippen molar-refractivity contribution in [3.63, 3.8) is 0 Å². The van der Waals surface area contributed by atoms with Gasteiger partial charge in [-0.25, -0.2) is 12.8 Å². The van der Waals surface area contributed by atoms with Gasteiger partial charge in [0.15, 0.2) is 9.84 Å². The van der Waals surface area contributed by atoms with Gasteiger partial charge in [0.25, 0.3) is 0 Å². The fourth-order valence-corrected chi connectivity index (χ4v) is 3.86. The average Bonchev–Trinajstić information content (AvgIpc) is 2.58. The third-order valence-corrected chi connectivity index (χ3v) is 5.42. The van der Waals surface area contributed by atoms with Crippen LogP contribution in [0, 0.1) is 17.1 Å². The van der Waals surface area contributed by atoms with Gasteiger partial charge in [0.2, 0.25) is 5.91 Å². The van der Waals surface area contributed by atoms with Crippen molar-refractivity contribution < 1.29 is 30.8 Å². The van der Waals surface area contributed by atoms with Crippen LogP contribution < -0.4 is 5.73 Å². The second kappa shape index (κ2) is 7.36. The first-order valence-corrected chi connectivity index (χ1v) is 9.03. The van der Waals surface area contributed by atoms with E-state index >= 15 is 0 Å². The molecule has 142 valence electrons. The lowest BCUT2D eigenvalue weighted by molar-refractivity contribution is -0.137. The van der Waals surface area contributed by atoms with Gasteiger partial charge in [0.05, 0.1) is 27.8 Å². The Balaban J connectivity index is 2.68. The Hall–Kier alpha value is -2.93. The largest absolute Gasteiger partial charge is 0.417 e. The van der Waals surface area contributed by atoms with Crippen LogP contribution in [0.15, 0.2) is 41.3 Å². The summed E-state index contributed by atoms with van der Waals surface area (Å²) >= 11 is 0. The molecule has 10 heteroatoms. The quantitative estimate of drug-likeness (QED) is 0.616. The summed E-state index contributed by atoms with van der Waals surface area (Å²) < 4.78 is 78.0. The van der Waals surface area contributed by atoms with Crippen LogP contribution in [0.2, 0.25) is 0 Å². The minimum Gasteiger partial charge on any atom is -0.370 e. The number of primary amides is 1. The predicted molar refractivity (Wildman–Crippen MR) is 87.4 cm³/mol. The molecule has 2 aromatic carbocycles. The molecule has 0 spiro atoms. The molecule has 1 amide bonds. The topological polar surface area (TPSA) is 101 Å². The summed E-state index contributed by atoms with van der Waals surface area (Å²) in [5.41, 5.74) is 2.46. The predicted octanol–water partition coefficient (Wildman–Crippen LogP) is 3.03. The summed E-state index contributed by atoms with van der Waals surface area (Å²) in [6.07, 6.45) is -5.36. The van der Waals surface area contributed by atoms with E-state index in [0.717, 1.165) is 30.3 Å². The number of nitriles is 1. The van der Waals surface area contributed by atoms with Crippen molar-refractivity contribution in [3.05, 3.63) is 53.3 Å². The number of halogens is 4. The van der Waals surface area contributed by atoms with E-state index in [9.17, 15) is 30.8 Å². The maximum absolute atomic E-state index is 13.7. The number of carbonyl (C=O) groups excluding carboxylic acids is 1. The molecule has 2 rings (SSSR count). The molecule has 0 saturated carbocycles. The van der Waals surface area contributed by atoms with Crippen LogP contribution in [0.4, 0.5) is 17.6 Å². The molecule has 2 N–H and O–H groups in total. The first-order valence-electron chi connectivity index (χ1n) is 7.38. The molecule has 0 atom stereocenters. The molecule has 5 nitrogen and oxygen atoms in total. The van der Waals surface area contributed by atoms with Crippen molar-refractivity contribution in [2.24, 2.45) is 5.73 Å². The molecule has 0 bridgehead atoms. The first kappa shape index (κ1) is 20.4. The summed E-state index contributed by atoms with van der Waals surface area (Å²) in [6.45, 7) is 0. The van der Waals surface area contributed by atoms with Crippen molar-refractivity contribution in [2.75, 3.05) is 5.75 Å². The number of nitrogens with two attached hydrogens (primary N) is 1. The van der Waals surface area contributed by atoms with E-state index in [2.05, 4.69) is 0 Å². The SMILES string of the molecule is N#Cc1ccc(-c2cc(F)ccc2S(=O)(=O)CCC(N)=O)cc1C(F)(F)F. The lowest BCUT2D eigenvalue weighted by atomic mass is 9.99. The first-order chi connectivity index (χ1) is 12.5. The van der Waals surface area contributed by atoms with Gasteiger partial charge in [-0.2, -0.15) is 18.4 Å². The normalized spacial score (nSPS) is 11.8. The van der Waals surface area contributed by atoms with E-state index in [1.165, 1.54) is 6.07 Å². The lowest BCUT2D eigenvalue weighted by Crippen LogP contribution is -2.17. The van der Waals surface area contributed by atoms with Gasteiger partial charge < -0.3 is 5.73 Å². The van der Waals surface area contributed by atoms with Crippen LogP contribution >= 0.6 is 0 Å². The molecule has 0 radical (unpaired) electrons. The van der Waals surface area contributed by atoms with Crippen molar-refractivity contribution in [1.29, 1.82) is 5.26 Å². The Morgan fingerprint density at radius 1 is 1.15 bits per heavy atom. The number of rotatable bonds is 5. The summed E-state index contributed by atoms with van der Waals surface area (Å²) in [4.78, 5) is 10.4. The van der Waals surface area contributed by atoms with Crippen molar-refractivity contribution >= 4 is 15.7 Å². The van der Waals surface area contributed by atoms with E-state index in [1.54, 1.807) is 0 Å². The molecule has 0 aliphatic heterocycles. The highest BCUT2D eigenvalue weighted by atomic mass is 32.2. The summed E-state index contributed by atoms with van der Waals surface area (Å²) in [5.74, 6) is -2.42. The van der Waals surface area contributed by atoms with E-state index in [1.807, 2.05) is 0 Å². The highest BCUT2D eigenvalue weighted by molar-refractivity contribution is 7.91. The molecule has 0 saturated heterocycles. The highest BCUT2D eigenvalue weighted by Crippen LogP contribution is 2.36. The van der Waals surface area contributed by atoms with Crippen LogP contribution in [-0.4, -0.2) is 20.1 Å². The molecule has 0 fully saturated rings. The zero-order valence-corrected chi connectivity index (χ0v) is 14.4. The summed E-state index contributed by atoms with van der Waals surface area (Å²) in [5, 5.41) is 8.84. The summed E-state index contributed by atoms with van der Waals surface area (Å²) in [6, 6.07) is 6.49. The maximum atomic E-state index is 13.7. The van der Waals surface area contributed by atoms with Crippen molar-refractivity contribution in [2.45, 2.75) is 17.5 Å². The van der Waals surface area contributed by atoms with Crippen LogP contribution in [0.3, 0.4) is 0 Å². The maximum Gasteiger partial charge on any atom is 0.417 e. The second-order valence-electron chi connectivity index (χ2n) is 5.55. The standard InChI is InChI=1S/C17H12F4N2O3S/c18-12-3-4-15(27(25,26)6-5-16(23)24)13(8-12)10-1-2-11(9-22)14(7-10)17(19,20)21/h1-4,7-8H,5-6H2,(H2,23,24). The van der Waals surface area contributed by atoms with Gasteiger partial charge >= 0.3 is 6.18 Å². The van der Waals surface area contributed by atoms with Gasteiger partial charge in [0, 0.05) is 12.0 Å². The lowest BCUT2D eigenvalue weighted by Gasteiger charge is -2.14. The van der Waals surface area contributed by atoms with Crippen LogP contribution in [-0.2, 0) is 20.8 Å². The van der Waals surface area contributed by atoms with Gasteiger partial charge in [-0.1, -0.05) is 6.07 Å². The molecule has 0 aliphatic rings. The monoisotopic (exact) mass is 400 g/mol. The Bertz CT molecular complexity index is 1040. The molecular formula is C17H12F4N2O3S. The number of hydrogen-bond acceptors (Lipinski definition) is 4. The number of nitrogens with zero attached hydrogens (tertiary/aromatic N) is 1. The van der Waals surface area contributed by atoms with Crippen LogP contribution in [0.1, 0.15) is 17.5 Å². The number of benzene rings is 2. The Morgan fingerprint density at radius 3 is 2.37 bits per heavy atom. The van der Waals surface area contributed by atoms with Crippen LogP contribution in [0.25, 0.3) is 11.1 Å². The average molecular weight is 400 g/mol. The van der Waals surface area contributed by atoms with Crippen molar-refractivity contribution in [1.82, 2.24) is 0 Å². The molecule has 2 aromatic rings. The molecule has 0 unspecified atom stereocenters. The van der Waals surface area contributed by atoms with Gasteiger partial charge in [-0.3, -0.25) is 4.79 Å². The fourth-order valence-electron chi connectivity index (χ4n) is 2.39. The molecule has 27 heavy (non-hydrogen) atoms. The van der Waals surface area contributed by atoms with E-state index in [4.69, 9.17) is 11.0 Å². The fraction of sp³-hybridized carbons (Fsp3) is 0.176. The van der Waals surface area contributed by atoms with E-state index in [0.29, 0.717) is 6.07 Å². The molecule has 0 heterocycles. The van der Waals surface area contributed by atoms with Gasteiger partial charge in [0.1, 0.15) is 5.82 Å². The van der Waals surface area contributed by atoms with Gasteiger partial charge in [-0.05, 0) is 35.9 Å². The number of hydrogen-bond donors (Lipinski definition) is 1. The van der Waals surface area contributed by atoms with E-state index < -0.39 is 55.9 Å². The number of carbonyl (C=O) groups is 1. The number of amides is 1. The Morgan fingerprint density at radius 2 is 1.81 bits per heavy atom. The smallest absolute Gasteiger partial charge is 0.370 e. The van der Waals surface area contributed by atoms with Crippen LogP contribution in [0.5, 0.6) is 0 Å². The number of alkyl halides is 3. The second-order valence-corrected chi connectivity index (χ2v) is 7.62. The zero-order valence-electron chi connectivity index (χ0n) is 13.5. The third-order valence-electron chi connectivity index (χ3n) is 3.65.